The van der Waals surface area contributed by atoms with E-state index in [9.17, 15) is 27.2 Å². The molecule has 2 N–H and O–H groups in total. The molecule has 92 valence electrons. The summed E-state index contributed by atoms with van der Waals surface area (Å²) < 4.78 is 49.7. The Balaban J connectivity index is 2.97. The molecule has 0 aliphatic rings. The Bertz CT molecular complexity index is 445. The number of amides is 3. The van der Waals surface area contributed by atoms with Crippen molar-refractivity contribution >= 4 is 18.1 Å². The van der Waals surface area contributed by atoms with Gasteiger partial charge in [-0.2, -0.15) is 13.2 Å². The largest absolute Gasteiger partial charge is 0.419 e. The number of nitrogens with one attached hydrogen (secondary N) is 2. The molecule has 0 bridgehead atoms. The van der Waals surface area contributed by atoms with Crippen molar-refractivity contribution in [2.75, 3.05) is 5.32 Å². The Labute approximate surface area is 92.6 Å². The number of alkyl halides is 3. The van der Waals surface area contributed by atoms with Gasteiger partial charge in [-0.3, -0.25) is 10.1 Å². The molecule has 0 atom stereocenters. The van der Waals surface area contributed by atoms with Gasteiger partial charge in [0.05, 0.1) is 5.56 Å². The second-order valence-electron chi connectivity index (χ2n) is 2.91. The highest BCUT2D eigenvalue weighted by Gasteiger charge is 2.34. The standard InChI is InChI=1S/C9H6F4N2O2/c10-7-2-1-5(15-8(17)14-4-16)3-6(7)9(11,12)13/h1-4H,(H2,14,15,16,17). The Hall–Kier alpha value is -2.12. The number of hydrogen-bond donors (Lipinski definition) is 2. The molecule has 3 amide bonds. The zero-order valence-corrected chi connectivity index (χ0v) is 8.14. The van der Waals surface area contributed by atoms with Crippen molar-refractivity contribution in [1.82, 2.24) is 5.32 Å². The van der Waals surface area contributed by atoms with Crippen LogP contribution in [0.15, 0.2) is 18.2 Å². The number of hydrogen-bond acceptors (Lipinski definition) is 2. The van der Waals surface area contributed by atoms with E-state index in [1.807, 2.05) is 5.32 Å². The van der Waals surface area contributed by atoms with Crippen LogP contribution in [0.5, 0.6) is 0 Å². The lowest BCUT2D eigenvalue weighted by molar-refractivity contribution is -0.139. The van der Waals surface area contributed by atoms with Crippen LogP contribution < -0.4 is 10.6 Å². The minimum absolute atomic E-state index is 0.0591. The molecule has 17 heavy (non-hydrogen) atoms. The second kappa shape index (κ2) is 4.81. The van der Waals surface area contributed by atoms with Crippen LogP contribution in [0, 0.1) is 5.82 Å². The van der Waals surface area contributed by atoms with Gasteiger partial charge in [-0.1, -0.05) is 0 Å². The molecule has 0 spiro atoms. The van der Waals surface area contributed by atoms with Gasteiger partial charge >= 0.3 is 12.2 Å². The molecule has 4 nitrogen and oxygen atoms in total. The lowest BCUT2D eigenvalue weighted by atomic mass is 10.2. The van der Waals surface area contributed by atoms with E-state index in [0.717, 1.165) is 6.07 Å². The summed E-state index contributed by atoms with van der Waals surface area (Å²) in [6.07, 6.45) is -4.80. The molecule has 0 heterocycles. The molecule has 0 aliphatic heterocycles. The number of urea groups is 1. The number of halogens is 4. The highest BCUT2D eigenvalue weighted by Crippen LogP contribution is 2.32. The van der Waals surface area contributed by atoms with Gasteiger partial charge < -0.3 is 5.32 Å². The van der Waals surface area contributed by atoms with Crippen molar-refractivity contribution in [2.45, 2.75) is 6.18 Å². The first-order valence-corrected chi connectivity index (χ1v) is 4.22. The Morgan fingerprint density at radius 1 is 1.29 bits per heavy atom. The van der Waals surface area contributed by atoms with Gasteiger partial charge in [0.1, 0.15) is 5.82 Å². The maximum absolute atomic E-state index is 12.8. The van der Waals surface area contributed by atoms with E-state index in [4.69, 9.17) is 0 Å². The average molecular weight is 250 g/mol. The second-order valence-corrected chi connectivity index (χ2v) is 2.91. The number of carbonyl (C=O) groups is 2. The van der Waals surface area contributed by atoms with E-state index in [0.29, 0.717) is 12.1 Å². The van der Waals surface area contributed by atoms with Gasteiger partial charge in [0, 0.05) is 5.69 Å². The summed E-state index contributed by atoms with van der Waals surface area (Å²) in [5.74, 6) is -1.45. The van der Waals surface area contributed by atoms with Crippen LogP contribution in [0.4, 0.5) is 28.0 Å². The Morgan fingerprint density at radius 2 is 1.94 bits per heavy atom. The van der Waals surface area contributed by atoms with Crippen molar-refractivity contribution in [1.29, 1.82) is 0 Å². The first-order chi connectivity index (χ1) is 7.84. The maximum Gasteiger partial charge on any atom is 0.419 e. The van der Waals surface area contributed by atoms with Crippen LogP contribution in [0.3, 0.4) is 0 Å². The maximum atomic E-state index is 12.8. The van der Waals surface area contributed by atoms with E-state index in [1.54, 1.807) is 5.32 Å². The fraction of sp³-hybridized carbons (Fsp3) is 0.111. The third-order valence-corrected chi connectivity index (χ3v) is 1.72. The lowest BCUT2D eigenvalue weighted by Gasteiger charge is -2.10. The van der Waals surface area contributed by atoms with Crippen LogP contribution in [0.1, 0.15) is 5.56 Å². The molecule has 1 rings (SSSR count). The quantitative estimate of drug-likeness (QED) is 0.624. The summed E-state index contributed by atoms with van der Waals surface area (Å²) in [6.45, 7) is 0. The first-order valence-electron chi connectivity index (χ1n) is 4.22. The van der Waals surface area contributed by atoms with Crippen LogP contribution in [-0.4, -0.2) is 12.4 Å². The molecular formula is C9H6F4N2O2. The average Bonchev–Trinajstić information content (AvgIpc) is 2.19. The summed E-state index contributed by atoms with van der Waals surface area (Å²) in [5, 5.41) is 3.60. The zero-order chi connectivity index (χ0) is 13.1. The molecule has 0 radical (unpaired) electrons. The van der Waals surface area contributed by atoms with Gasteiger partial charge in [0.25, 0.3) is 0 Å². The number of benzene rings is 1. The minimum atomic E-state index is -4.86. The van der Waals surface area contributed by atoms with Crippen LogP contribution in [0.2, 0.25) is 0 Å². The molecule has 1 aromatic carbocycles. The summed E-state index contributed by atoms with van der Waals surface area (Å²) >= 11 is 0. The Morgan fingerprint density at radius 3 is 2.47 bits per heavy atom. The molecule has 8 heteroatoms. The van der Waals surface area contributed by atoms with Crippen LogP contribution in [0.25, 0.3) is 0 Å². The molecule has 0 fully saturated rings. The normalized spacial score (nSPS) is 10.8. The Kier molecular flexibility index (Phi) is 3.66. The summed E-state index contributed by atoms with van der Waals surface area (Å²) in [6, 6.07) is 0.924. The SMILES string of the molecule is O=CNC(=O)Nc1ccc(F)c(C(F)(F)F)c1. The first kappa shape index (κ1) is 12.9. The molecule has 0 saturated heterocycles. The lowest BCUT2D eigenvalue weighted by Crippen LogP contribution is -2.27. The van der Waals surface area contributed by atoms with Crippen molar-refractivity contribution in [3.05, 3.63) is 29.6 Å². The van der Waals surface area contributed by atoms with Gasteiger partial charge in [0.2, 0.25) is 6.41 Å². The van der Waals surface area contributed by atoms with E-state index >= 15 is 0 Å². The van der Waals surface area contributed by atoms with Gasteiger partial charge in [0.15, 0.2) is 0 Å². The molecule has 0 aliphatic carbocycles. The van der Waals surface area contributed by atoms with E-state index in [-0.39, 0.29) is 12.1 Å². The van der Waals surface area contributed by atoms with Crippen molar-refractivity contribution in [3.8, 4) is 0 Å². The third-order valence-electron chi connectivity index (χ3n) is 1.72. The van der Waals surface area contributed by atoms with Crippen LogP contribution in [-0.2, 0) is 11.0 Å². The summed E-state index contributed by atoms with van der Waals surface area (Å²) in [5.41, 5.74) is -1.78. The molecule has 0 aromatic heterocycles. The zero-order valence-electron chi connectivity index (χ0n) is 8.14. The van der Waals surface area contributed by atoms with E-state index in [1.165, 1.54) is 0 Å². The van der Waals surface area contributed by atoms with E-state index < -0.39 is 23.6 Å². The number of imide groups is 1. The number of carbonyl (C=O) groups excluding carboxylic acids is 2. The van der Waals surface area contributed by atoms with Crippen LogP contribution >= 0.6 is 0 Å². The smallest absolute Gasteiger partial charge is 0.308 e. The summed E-state index contributed by atoms with van der Waals surface area (Å²) in [7, 11) is 0. The molecule has 0 unspecified atom stereocenters. The topological polar surface area (TPSA) is 58.2 Å². The molecular weight excluding hydrogens is 244 g/mol. The molecule has 1 aromatic rings. The minimum Gasteiger partial charge on any atom is -0.308 e. The van der Waals surface area contributed by atoms with Crippen molar-refractivity contribution in [3.63, 3.8) is 0 Å². The number of anilines is 1. The van der Waals surface area contributed by atoms with Crippen molar-refractivity contribution < 1.29 is 27.2 Å². The van der Waals surface area contributed by atoms with E-state index in [2.05, 4.69) is 0 Å². The van der Waals surface area contributed by atoms with Gasteiger partial charge in [-0.15, -0.1) is 0 Å². The monoisotopic (exact) mass is 250 g/mol. The highest BCUT2D eigenvalue weighted by molar-refractivity contribution is 5.95. The predicted octanol–water partition coefficient (Wildman–Crippen LogP) is 2.12. The fourth-order valence-corrected chi connectivity index (χ4v) is 1.04. The number of rotatable bonds is 2. The predicted molar refractivity (Wildman–Crippen MR) is 49.6 cm³/mol. The third kappa shape index (κ3) is 3.44. The fourth-order valence-electron chi connectivity index (χ4n) is 1.04. The molecule has 0 saturated carbocycles. The van der Waals surface area contributed by atoms with Gasteiger partial charge in [-0.05, 0) is 18.2 Å². The summed E-state index contributed by atoms with van der Waals surface area (Å²) in [4.78, 5) is 20.7. The van der Waals surface area contributed by atoms with Gasteiger partial charge in [-0.25, -0.2) is 9.18 Å². The van der Waals surface area contributed by atoms with Crippen molar-refractivity contribution in [2.24, 2.45) is 0 Å². The highest BCUT2D eigenvalue weighted by atomic mass is 19.4.